The molecule has 20 heavy (non-hydrogen) atoms. The van der Waals surface area contributed by atoms with Crippen LogP contribution in [0, 0.1) is 5.92 Å². The van der Waals surface area contributed by atoms with Crippen molar-refractivity contribution in [2.24, 2.45) is 5.92 Å². The third-order valence-electron chi connectivity index (χ3n) is 3.06. The van der Waals surface area contributed by atoms with E-state index in [1.165, 1.54) is 5.57 Å². The molecule has 0 N–H and O–H groups in total. The normalized spacial score (nSPS) is 12.8. The first-order valence-electron chi connectivity index (χ1n) is 7.09. The minimum absolute atomic E-state index is 0.157. The van der Waals surface area contributed by atoms with E-state index < -0.39 is 0 Å². The molecule has 0 saturated heterocycles. The van der Waals surface area contributed by atoms with Crippen LogP contribution in [0.15, 0.2) is 54.6 Å². The van der Waals surface area contributed by atoms with E-state index in [4.69, 9.17) is 4.74 Å². The lowest BCUT2D eigenvalue weighted by Crippen LogP contribution is -2.10. The van der Waals surface area contributed by atoms with E-state index in [-0.39, 0.29) is 5.97 Å². The molecule has 0 aliphatic heterocycles. The molecule has 0 aliphatic rings. The van der Waals surface area contributed by atoms with Crippen LogP contribution < -0.4 is 0 Å². The highest BCUT2D eigenvalue weighted by molar-refractivity contribution is 5.72. The van der Waals surface area contributed by atoms with Crippen LogP contribution in [0.3, 0.4) is 0 Å². The second-order valence-corrected chi connectivity index (χ2v) is 5.15. The number of ether oxygens (including phenoxy) is 1. The molecule has 1 aromatic rings. The van der Waals surface area contributed by atoms with E-state index >= 15 is 0 Å². The molecule has 1 aromatic carbocycles. The largest absolute Gasteiger partial charge is 0.465 e. The Hall–Kier alpha value is -1.83. The van der Waals surface area contributed by atoms with Crippen LogP contribution in [0.1, 0.15) is 32.3 Å². The van der Waals surface area contributed by atoms with Crippen LogP contribution in [-0.4, -0.2) is 12.6 Å². The fraction of sp³-hybridized carbons (Fsp3) is 0.389. The molecule has 0 spiro atoms. The van der Waals surface area contributed by atoms with Gasteiger partial charge in [-0.25, -0.2) is 0 Å². The van der Waals surface area contributed by atoms with Crippen molar-refractivity contribution in [2.45, 2.75) is 33.1 Å². The number of esters is 1. The summed E-state index contributed by atoms with van der Waals surface area (Å²) >= 11 is 0. The van der Waals surface area contributed by atoms with Gasteiger partial charge in [-0.1, -0.05) is 55.0 Å². The zero-order valence-corrected chi connectivity index (χ0v) is 12.5. The van der Waals surface area contributed by atoms with Gasteiger partial charge in [0.05, 0.1) is 13.0 Å². The molecule has 1 unspecified atom stereocenters. The molecule has 2 nitrogen and oxygen atoms in total. The highest BCUT2D eigenvalue weighted by Crippen LogP contribution is 2.11. The number of allylic oxidation sites excluding steroid dienone is 3. The fourth-order valence-corrected chi connectivity index (χ4v) is 2.04. The van der Waals surface area contributed by atoms with Gasteiger partial charge < -0.3 is 4.74 Å². The Balaban J connectivity index is 2.25. The molecular formula is C18H24O2. The smallest absolute Gasteiger partial charge is 0.310 e. The summed E-state index contributed by atoms with van der Waals surface area (Å²) in [6.45, 7) is 8.43. The molecule has 0 amide bonds. The van der Waals surface area contributed by atoms with Crippen molar-refractivity contribution in [3.8, 4) is 0 Å². The third kappa shape index (κ3) is 6.93. The summed E-state index contributed by atoms with van der Waals surface area (Å²) in [5.41, 5.74) is 2.30. The van der Waals surface area contributed by atoms with Crippen molar-refractivity contribution < 1.29 is 9.53 Å². The molecule has 2 heteroatoms. The Morgan fingerprint density at radius 2 is 2.05 bits per heavy atom. The van der Waals surface area contributed by atoms with Gasteiger partial charge in [0.15, 0.2) is 0 Å². The summed E-state index contributed by atoms with van der Waals surface area (Å²) in [7, 11) is 0. The van der Waals surface area contributed by atoms with E-state index in [0.717, 1.165) is 18.4 Å². The van der Waals surface area contributed by atoms with Crippen LogP contribution in [0.2, 0.25) is 0 Å². The monoisotopic (exact) mass is 272 g/mol. The van der Waals surface area contributed by atoms with Gasteiger partial charge in [-0.05, 0) is 31.2 Å². The van der Waals surface area contributed by atoms with Gasteiger partial charge in [-0.2, -0.15) is 0 Å². The van der Waals surface area contributed by atoms with Crippen molar-refractivity contribution in [3.63, 3.8) is 0 Å². The average Bonchev–Trinajstić information content (AvgIpc) is 2.39. The van der Waals surface area contributed by atoms with Crippen molar-refractivity contribution in [1.29, 1.82) is 0 Å². The van der Waals surface area contributed by atoms with Gasteiger partial charge in [-0.3, -0.25) is 4.79 Å². The summed E-state index contributed by atoms with van der Waals surface area (Å²) in [5.74, 6) is 0.259. The summed E-state index contributed by atoms with van der Waals surface area (Å²) in [6.07, 6.45) is 6.23. The van der Waals surface area contributed by atoms with Crippen molar-refractivity contribution >= 4 is 5.97 Å². The van der Waals surface area contributed by atoms with E-state index in [1.54, 1.807) is 0 Å². The Labute approximate surface area is 122 Å². The lowest BCUT2D eigenvalue weighted by Gasteiger charge is -2.09. The summed E-state index contributed by atoms with van der Waals surface area (Å²) in [6, 6.07) is 9.67. The standard InChI is InChI=1S/C18H24O2/c1-4-8-15(2)13-16(3)11-12-20-18(19)14-17-9-6-5-7-10-17/h4-7,9-10,13,16H,1,8,11-12,14H2,2-3H3/b15-13+. The summed E-state index contributed by atoms with van der Waals surface area (Å²) in [4.78, 5) is 11.7. The van der Waals surface area contributed by atoms with E-state index in [9.17, 15) is 4.79 Å². The minimum atomic E-state index is -0.157. The molecule has 1 atom stereocenters. The molecule has 0 aliphatic carbocycles. The molecule has 0 aromatic heterocycles. The van der Waals surface area contributed by atoms with Gasteiger partial charge in [0.2, 0.25) is 0 Å². The van der Waals surface area contributed by atoms with Gasteiger partial charge in [0, 0.05) is 0 Å². The topological polar surface area (TPSA) is 26.3 Å². The lowest BCUT2D eigenvalue weighted by atomic mass is 10.0. The van der Waals surface area contributed by atoms with Crippen LogP contribution >= 0.6 is 0 Å². The molecule has 0 bridgehead atoms. The molecule has 1 rings (SSSR count). The van der Waals surface area contributed by atoms with Crippen LogP contribution in [-0.2, 0) is 16.0 Å². The number of benzene rings is 1. The summed E-state index contributed by atoms with van der Waals surface area (Å²) in [5, 5.41) is 0. The molecular weight excluding hydrogens is 248 g/mol. The highest BCUT2D eigenvalue weighted by atomic mass is 16.5. The van der Waals surface area contributed by atoms with Gasteiger partial charge in [0.1, 0.15) is 0 Å². The predicted octanol–water partition coefficient (Wildman–Crippen LogP) is 4.32. The van der Waals surface area contributed by atoms with Gasteiger partial charge >= 0.3 is 5.97 Å². The van der Waals surface area contributed by atoms with Crippen molar-refractivity contribution in [3.05, 3.63) is 60.2 Å². The number of carbonyl (C=O) groups excluding carboxylic acids is 1. The van der Waals surface area contributed by atoms with Gasteiger partial charge in [0.25, 0.3) is 0 Å². The molecule has 0 radical (unpaired) electrons. The molecule has 0 fully saturated rings. The predicted molar refractivity (Wildman–Crippen MR) is 83.5 cm³/mol. The van der Waals surface area contributed by atoms with Crippen molar-refractivity contribution in [1.82, 2.24) is 0 Å². The number of carbonyl (C=O) groups is 1. The van der Waals surface area contributed by atoms with Crippen LogP contribution in [0.4, 0.5) is 0 Å². The lowest BCUT2D eigenvalue weighted by molar-refractivity contribution is -0.143. The average molecular weight is 272 g/mol. The Morgan fingerprint density at radius 1 is 1.35 bits per heavy atom. The maximum atomic E-state index is 11.7. The Morgan fingerprint density at radius 3 is 2.70 bits per heavy atom. The Kier molecular flexibility index (Phi) is 7.41. The zero-order valence-electron chi connectivity index (χ0n) is 12.5. The van der Waals surface area contributed by atoms with Crippen LogP contribution in [0.5, 0.6) is 0 Å². The maximum absolute atomic E-state index is 11.7. The highest BCUT2D eigenvalue weighted by Gasteiger charge is 2.05. The fourth-order valence-electron chi connectivity index (χ4n) is 2.04. The maximum Gasteiger partial charge on any atom is 0.310 e. The number of rotatable bonds is 8. The molecule has 108 valence electrons. The third-order valence-corrected chi connectivity index (χ3v) is 3.06. The van der Waals surface area contributed by atoms with E-state index in [2.05, 4.69) is 26.5 Å². The molecule has 0 saturated carbocycles. The first-order valence-corrected chi connectivity index (χ1v) is 7.09. The second kappa shape index (κ2) is 9.13. The summed E-state index contributed by atoms with van der Waals surface area (Å²) < 4.78 is 5.27. The first kappa shape index (κ1) is 16.2. The van der Waals surface area contributed by atoms with E-state index in [0.29, 0.717) is 18.9 Å². The first-order chi connectivity index (χ1) is 9.61. The Bertz CT molecular complexity index is 446. The van der Waals surface area contributed by atoms with Gasteiger partial charge in [-0.15, -0.1) is 6.58 Å². The number of hydrogen-bond acceptors (Lipinski definition) is 2. The zero-order chi connectivity index (χ0) is 14.8. The second-order valence-electron chi connectivity index (χ2n) is 5.15. The molecule has 0 heterocycles. The van der Waals surface area contributed by atoms with Crippen LogP contribution in [0.25, 0.3) is 0 Å². The number of hydrogen-bond donors (Lipinski definition) is 0. The quantitative estimate of drug-likeness (QED) is 0.520. The van der Waals surface area contributed by atoms with E-state index in [1.807, 2.05) is 36.4 Å². The minimum Gasteiger partial charge on any atom is -0.465 e. The van der Waals surface area contributed by atoms with Crippen molar-refractivity contribution in [2.75, 3.05) is 6.61 Å². The SMILES string of the molecule is C=CC/C(C)=C/C(C)CCOC(=O)Cc1ccccc1.